The molecule has 10 heteroatoms. The van der Waals surface area contributed by atoms with E-state index in [9.17, 15) is 13.2 Å². The summed E-state index contributed by atoms with van der Waals surface area (Å²) >= 11 is 6.22. The van der Waals surface area contributed by atoms with Crippen molar-refractivity contribution in [3.05, 3.63) is 82.9 Å². The van der Waals surface area contributed by atoms with E-state index in [1.165, 1.54) is 18.2 Å². The summed E-state index contributed by atoms with van der Waals surface area (Å²) < 4.78 is 44.2. The van der Waals surface area contributed by atoms with Crippen LogP contribution in [0.25, 0.3) is 0 Å². The predicted molar refractivity (Wildman–Crippen MR) is 127 cm³/mol. The number of hydrogen-bond donors (Lipinski definition) is 2. The second-order valence-electron chi connectivity index (χ2n) is 7.60. The van der Waals surface area contributed by atoms with Gasteiger partial charge in [0.25, 0.3) is 5.91 Å². The van der Waals surface area contributed by atoms with Crippen molar-refractivity contribution in [1.82, 2.24) is 10.0 Å². The molecular weight excluding hydrogens is 480 g/mol. The molecule has 0 saturated carbocycles. The summed E-state index contributed by atoms with van der Waals surface area (Å²) in [6.45, 7) is 1.95. The Bertz CT molecular complexity index is 1280. The SMILES string of the molecule is C[C@H](NS(=O)(=O)c1ccc(OCC(=O)NCc2ccc3c(c2)OCO3)c(Cl)c1)c1ccccc1. The molecule has 3 aromatic rings. The standard InChI is InChI=1S/C24H23ClN2O6S/c1-16(18-5-3-2-4-6-18)27-34(29,30)19-8-10-21(20(25)12-19)31-14-24(28)26-13-17-7-9-22-23(11-17)33-15-32-22/h2-12,16,27H,13-15H2,1H3,(H,26,28)/t16-/m0/s1. The summed E-state index contributed by atoms with van der Waals surface area (Å²) in [6.07, 6.45) is 0. The number of nitrogens with one attached hydrogen (secondary N) is 2. The summed E-state index contributed by atoms with van der Waals surface area (Å²) in [6, 6.07) is 18.3. The van der Waals surface area contributed by atoms with Crippen LogP contribution in [0, 0.1) is 0 Å². The molecule has 34 heavy (non-hydrogen) atoms. The molecular formula is C24H23ClN2O6S. The van der Waals surface area contributed by atoms with Crippen molar-refractivity contribution in [3.63, 3.8) is 0 Å². The lowest BCUT2D eigenvalue weighted by atomic mass is 10.1. The van der Waals surface area contributed by atoms with Crippen molar-refractivity contribution in [2.75, 3.05) is 13.4 Å². The van der Waals surface area contributed by atoms with E-state index >= 15 is 0 Å². The van der Waals surface area contributed by atoms with Crippen LogP contribution in [-0.4, -0.2) is 27.7 Å². The monoisotopic (exact) mass is 502 g/mol. The summed E-state index contributed by atoms with van der Waals surface area (Å²) in [5.74, 6) is 1.15. The first-order valence-corrected chi connectivity index (χ1v) is 12.3. The molecule has 3 aromatic carbocycles. The molecule has 178 valence electrons. The molecule has 0 spiro atoms. The first-order valence-electron chi connectivity index (χ1n) is 10.5. The maximum Gasteiger partial charge on any atom is 0.258 e. The third-order valence-electron chi connectivity index (χ3n) is 5.13. The van der Waals surface area contributed by atoms with Crippen molar-refractivity contribution < 1.29 is 27.4 Å². The van der Waals surface area contributed by atoms with Gasteiger partial charge in [0.2, 0.25) is 16.8 Å². The second kappa shape index (κ2) is 10.3. The Morgan fingerprint density at radius 3 is 2.59 bits per heavy atom. The highest BCUT2D eigenvalue weighted by Gasteiger charge is 2.20. The van der Waals surface area contributed by atoms with Crippen molar-refractivity contribution in [2.45, 2.75) is 24.4 Å². The van der Waals surface area contributed by atoms with E-state index in [0.29, 0.717) is 11.5 Å². The predicted octanol–water partition coefficient (Wildman–Crippen LogP) is 3.80. The average molecular weight is 503 g/mol. The molecule has 1 amide bonds. The number of ether oxygens (including phenoxy) is 3. The van der Waals surface area contributed by atoms with Gasteiger partial charge in [0, 0.05) is 12.6 Å². The fourth-order valence-corrected chi connectivity index (χ4v) is 4.88. The molecule has 0 radical (unpaired) electrons. The van der Waals surface area contributed by atoms with Gasteiger partial charge in [-0.3, -0.25) is 4.79 Å². The normalized spacial score (nSPS) is 13.4. The number of carbonyl (C=O) groups excluding carboxylic acids is 1. The lowest BCUT2D eigenvalue weighted by molar-refractivity contribution is -0.123. The zero-order valence-corrected chi connectivity index (χ0v) is 19.9. The average Bonchev–Trinajstić information content (AvgIpc) is 3.30. The Hall–Kier alpha value is -3.27. The van der Waals surface area contributed by atoms with Crippen LogP contribution < -0.4 is 24.2 Å². The number of amides is 1. The van der Waals surface area contributed by atoms with E-state index in [1.807, 2.05) is 36.4 Å². The van der Waals surface area contributed by atoms with Crippen LogP contribution in [0.4, 0.5) is 0 Å². The van der Waals surface area contributed by atoms with Gasteiger partial charge >= 0.3 is 0 Å². The molecule has 8 nitrogen and oxygen atoms in total. The second-order valence-corrected chi connectivity index (χ2v) is 9.72. The number of fused-ring (bicyclic) bond motifs is 1. The van der Waals surface area contributed by atoms with Crippen LogP contribution in [0.15, 0.2) is 71.6 Å². The van der Waals surface area contributed by atoms with Crippen molar-refractivity contribution >= 4 is 27.5 Å². The Labute approximate surface area is 202 Å². The minimum absolute atomic E-state index is 0.000101. The van der Waals surface area contributed by atoms with Crippen molar-refractivity contribution in [2.24, 2.45) is 0 Å². The molecule has 1 atom stereocenters. The molecule has 2 N–H and O–H groups in total. The van der Waals surface area contributed by atoms with E-state index in [0.717, 1.165) is 11.1 Å². The number of sulfonamides is 1. The van der Waals surface area contributed by atoms with E-state index in [4.69, 9.17) is 25.8 Å². The maximum atomic E-state index is 12.7. The van der Waals surface area contributed by atoms with Crippen LogP contribution >= 0.6 is 11.6 Å². The Morgan fingerprint density at radius 2 is 1.82 bits per heavy atom. The van der Waals surface area contributed by atoms with Crippen LogP contribution in [-0.2, 0) is 21.4 Å². The summed E-state index contributed by atoms with van der Waals surface area (Å²) in [7, 11) is -3.81. The van der Waals surface area contributed by atoms with E-state index in [-0.39, 0.29) is 41.5 Å². The third-order valence-corrected chi connectivity index (χ3v) is 6.96. The minimum Gasteiger partial charge on any atom is -0.482 e. The summed E-state index contributed by atoms with van der Waals surface area (Å²) in [5, 5.41) is 2.83. The largest absolute Gasteiger partial charge is 0.482 e. The number of benzene rings is 3. The van der Waals surface area contributed by atoms with Gasteiger partial charge in [-0.25, -0.2) is 13.1 Å². The number of halogens is 1. The van der Waals surface area contributed by atoms with E-state index < -0.39 is 16.1 Å². The van der Waals surface area contributed by atoms with Crippen LogP contribution in [0.3, 0.4) is 0 Å². The molecule has 1 aliphatic heterocycles. The Kier molecular flexibility index (Phi) is 7.26. The van der Waals surface area contributed by atoms with Gasteiger partial charge in [0.1, 0.15) is 5.75 Å². The molecule has 0 saturated heterocycles. The fourth-order valence-electron chi connectivity index (χ4n) is 3.32. The highest BCUT2D eigenvalue weighted by Crippen LogP contribution is 2.32. The van der Waals surface area contributed by atoms with Gasteiger partial charge in [-0.15, -0.1) is 0 Å². The maximum absolute atomic E-state index is 12.7. The minimum atomic E-state index is -3.81. The summed E-state index contributed by atoms with van der Waals surface area (Å²) in [4.78, 5) is 12.2. The summed E-state index contributed by atoms with van der Waals surface area (Å²) in [5.41, 5.74) is 1.69. The molecule has 0 unspecified atom stereocenters. The van der Waals surface area contributed by atoms with Gasteiger partial charge in [-0.2, -0.15) is 0 Å². The first-order chi connectivity index (χ1) is 16.3. The highest BCUT2D eigenvalue weighted by molar-refractivity contribution is 7.89. The lowest BCUT2D eigenvalue weighted by Crippen LogP contribution is -2.28. The highest BCUT2D eigenvalue weighted by atomic mass is 35.5. The molecule has 1 heterocycles. The zero-order valence-electron chi connectivity index (χ0n) is 18.3. The molecule has 4 rings (SSSR count). The smallest absolute Gasteiger partial charge is 0.258 e. The Morgan fingerprint density at radius 1 is 1.06 bits per heavy atom. The van der Waals surface area contributed by atoms with Gasteiger partial charge in [0.15, 0.2) is 18.1 Å². The zero-order chi connectivity index (χ0) is 24.1. The van der Waals surface area contributed by atoms with Crippen molar-refractivity contribution in [3.8, 4) is 17.2 Å². The third kappa shape index (κ3) is 5.80. The van der Waals surface area contributed by atoms with Crippen LogP contribution in [0.5, 0.6) is 17.2 Å². The van der Waals surface area contributed by atoms with Crippen LogP contribution in [0.1, 0.15) is 24.1 Å². The quantitative estimate of drug-likeness (QED) is 0.461. The van der Waals surface area contributed by atoms with E-state index in [1.54, 1.807) is 19.1 Å². The Balaban J connectivity index is 1.31. The molecule has 1 aliphatic rings. The number of carbonyl (C=O) groups is 1. The van der Waals surface area contributed by atoms with Gasteiger partial charge in [-0.05, 0) is 48.4 Å². The number of rotatable bonds is 9. The van der Waals surface area contributed by atoms with Gasteiger partial charge in [-0.1, -0.05) is 48.0 Å². The lowest BCUT2D eigenvalue weighted by Gasteiger charge is -2.15. The van der Waals surface area contributed by atoms with Crippen LogP contribution in [0.2, 0.25) is 5.02 Å². The topological polar surface area (TPSA) is 103 Å². The fraction of sp³-hybridized carbons (Fsp3) is 0.208. The van der Waals surface area contributed by atoms with Gasteiger partial charge in [0.05, 0.1) is 9.92 Å². The molecule has 0 fully saturated rings. The molecule has 0 aromatic heterocycles. The molecule has 0 bridgehead atoms. The first kappa shape index (κ1) is 23.9. The van der Waals surface area contributed by atoms with Crippen molar-refractivity contribution in [1.29, 1.82) is 0 Å². The van der Waals surface area contributed by atoms with E-state index in [2.05, 4.69) is 10.0 Å². The van der Waals surface area contributed by atoms with Gasteiger partial charge < -0.3 is 19.5 Å². The molecule has 0 aliphatic carbocycles. The number of hydrogen-bond acceptors (Lipinski definition) is 6.